The third-order valence-corrected chi connectivity index (χ3v) is 4.42. The molecule has 0 unspecified atom stereocenters. The first-order valence-electron chi connectivity index (χ1n) is 8.64. The topological polar surface area (TPSA) is 49.3 Å². The summed E-state index contributed by atoms with van der Waals surface area (Å²) in [5.74, 6) is 0.0359. The summed E-state index contributed by atoms with van der Waals surface area (Å²) < 4.78 is 0. The average molecular weight is 348 g/mol. The summed E-state index contributed by atoms with van der Waals surface area (Å²) in [6, 6.07) is 15.5. The minimum Gasteiger partial charge on any atom is -0.338 e. The van der Waals surface area contributed by atoms with E-state index in [-0.39, 0.29) is 11.9 Å². The molecule has 3 aromatic rings. The molecule has 0 saturated carbocycles. The Labute approximate surface area is 154 Å². The number of carbonyl (C=O) groups is 1. The molecule has 134 valence electrons. The van der Waals surface area contributed by atoms with Crippen LogP contribution in [0.3, 0.4) is 0 Å². The fraction of sp³-hybridized carbons (Fsp3) is 0.286. The molecule has 5 nitrogen and oxygen atoms in total. The van der Waals surface area contributed by atoms with Gasteiger partial charge in [0.15, 0.2) is 0 Å². The maximum absolute atomic E-state index is 13.1. The van der Waals surface area contributed by atoms with Crippen LogP contribution >= 0.6 is 0 Å². The molecule has 1 aromatic heterocycles. The molecule has 5 heteroatoms. The number of benzene rings is 2. The van der Waals surface area contributed by atoms with Crippen molar-refractivity contribution in [3.63, 3.8) is 0 Å². The molecule has 0 fully saturated rings. The first-order valence-corrected chi connectivity index (χ1v) is 8.64. The maximum Gasteiger partial charge on any atom is 0.244 e. The predicted molar refractivity (Wildman–Crippen MR) is 104 cm³/mol. The molecule has 0 aliphatic carbocycles. The Morgan fingerprint density at radius 1 is 1.00 bits per heavy atom. The zero-order valence-corrected chi connectivity index (χ0v) is 15.7. The largest absolute Gasteiger partial charge is 0.338 e. The van der Waals surface area contributed by atoms with Crippen LogP contribution in [-0.2, 0) is 11.3 Å². The van der Waals surface area contributed by atoms with Crippen LogP contribution < -0.4 is 0 Å². The molecule has 0 N–H and O–H groups in total. The molecule has 0 spiro atoms. The van der Waals surface area contributed by atoms with Crippen molar-refractivity contribution in [2.24, 2.45) is 0 Å². The van der Waals surface area contributed by atoms with Crippen LogP contribution in [-0.4, -0.2) is 46.8 Å². The average Bonchev–Trinajstić information content (AvgIpc) is 2.63. The summed E-state index contributed by atoms with van der Waals surface area (Å²) in [6.07, 6.45) is 1.74. The lowest BCUT2D eigenvalue weighted by atomic mass is 10.0. The molecular weight excluding hydrogens is 324 g/mol. The number of likely N-dealkylation sites (N-methyl/N-ethyl adjacent to an activating group) is 2. The van der Waals surface area contributed by atoms with Crippen molar-refractivity contribution < 1.29 is 4.79 Å². The van der Waals surface area contributed by atoms with Crippen molar-refractivity contribution in [3.05, 3.63) is 71.5 Å². The normalized spacial score (nSPS) is 12.3. The summed E-state index contributed by atoms with van der Waals surface area (Å²) in [6.45, 7) is 2.47. The quantitative estimate of drug-likeness (QED) is 0.710. The fourth-order valence-electron chi connectivity index (χ4n) is 3.01. The Kier molecular flexibility index (Phi) is 5.28. The van der Waals surface area contributed by atoms with E-state index in [0.717, 1.165) is 22.3 Å². The van der Waals surface area contributed by atoms with Crippen molar-refractivity contribution >= 4 is 16.9 Å². The van der Waals surface area contributed by atoms with Crippen molar-refractivity contribution in [3.8, 4) is 0 Å². The van der Waals surface area contributed by atoms with E-state index in [9.17, 15) is 4.79 Å². The second kappa shape index (κ2) is 7.62. The number of rotatable bonds is 5. The highest BCUT2D eigenvalue weighted by Gasteiger charge is 2.26. The Morgan fingerprint density at radius 2 is 1.65 bits per heavy atom. The van der Waals surface area contributed by atoms with E-state index < -0.39 is 0 Å². The highest BCUT2D eigenvalue weighted by molar-refractivity contribution is 5.83. The molecule has 2 aromatic carbocycles. The molecule has 26 heavy (non-hydrogen) atoms. The molecule has 1 amide bonds. The number of carbonyl (C=O) groups excluding carboxylic acids is 1. The van der Waals surface area contributed by atoms with Crippen LogP contribution in [0.5, 0.6) is 0 Å². The first-order chi connectivity index (χ1) is 12.5. The Balaban J connectivity index is 1.80. The van der Waals surface area contributed by atoms with Crippen molar-refractivity contribution in [1.29, 1.82) is 0 Å². The lowest BCUT2D eigenvalue weighted by Crippen LogP contribution is -2.38. The molecule has 0 bridgehead atoms. The highest BCUT2D eigenvalue weighted by Crippen LogP contribution is 2.22. The summed E-state index contributed by atoms with van der Waals surface area (Å²) in [5.41, 5.74) is 4.64. The Bertz CT molecular complexity index is 905. The van der Waals surface area contributed by atoms with E-state index in [2.05, 4.69) is 9.97 Å². The molecule has 0 saturated heterocycles. The van der Waals surface area contributed by atoms with E-state index in [1.165, 1.54) is 5.56 Å². The standard InChI is InChI=1S/C21H24N4O/c1-15-9-11-16(12-10-15)20(24(2)3)21(26)25(4)14-17-13-22-18-7-5-6-8-19(18)23-17/h5-13,20H,14H2,1-4H3/t20-/m1/s1. The number of para-hydroxylation sites is 2. The van der Waals surface area contributed by atoms with Gasteiger partial charge < -0.3 is 4.90 Å². The van der Waals surface area contributed by atoms with Crippen LogP contribution in [0.15, 0.2) is 54.7 Å². The van der Waals surface area contributed by atoms with Gasteiger partial charge in [-0.15, -0.1) is 0 Å². The van der Waals surface area contributed by atoms with Crippen molar-refractivity contribution in [2.75, 3.05) is 21.1 Å². The van der Waals surface area contributed by atoms with Gasteiger partial charge in [-0.2, -0.15) is 0 Å². The number of hydrogen-bond donors (Lipinski definition) is 0. The number of fused-ring (bicyclic) bond motifs is 1. The van der Waals surface area contributed by atoms with Crippen LogP contribution in [0.25, 0.3) is 11.0 Å². The third kappa shape index (κ3) is 3.89. The van der Waals surface area contributed by atoms with Crippen LogP contribution in [0.4, 0.5) is 0 Å². The zero-order chi connectivity index (χ0) is 18.7. The summed E-state index contributed by atoms with van der Waals surface area (Å²) in [7, 11) is 5.65. The molecule has 0 radical (unpaired) electrons. The number of aryl methyl sites for hydroxylation is 1. The maximum atomic E-state index is 13.1. The molecule has 0 aliphatic rings. The SMILES string of the molecule is Cc1ccc([C@H](C(=O)N(C)Cc2cnc3ccccc3n2)N(C)C)cc1. The van der Waals surface area contributed by atoms with Gasteiger partial charge in [-0.25, -0.2) is 4.98 Å². The Hall–Kier alpha value is -2.79. The van der Waals surface area contributed by atoms with Crippen LogP contribution in [0, 0.1) is 6.92 Å². The lowest BCUT2D eigenvalue weighted by Gasteiger charge is -2.28. The van der Waals surface area contributed by atoms with E-state index in [4.69, 9.17) is 0 Å². The molecule has 0 aliphatic heterocycles. The summed E-state index contributed by atoms with van der Waals surface area (Å²) >= 11 is 0. The monoisotopic (exact) mass is 348 g/mol. The molecule has 1 heterocycles. The second-order valence-electron chi connectivity index (χ2n) is 6.82. The molecule has 1 atom stereocenters. The van der Waals surface area contributed by atoms with Gasteiger partial charge in [-0.05, 0) is 38.7 Å². The van der Waals surface area contributed by atoms with E-state index in [1.807, 2.05) is 81.5 Å². The van der Waals surface area contributed by atoms with Crippen LogP contribution in [0.2, 0.25) is 0 Å². The highest BCUT2D eigenvalue weighted by atomic mass is 16.2. The van der Waals surface area contributed by atoms with E-state index >= 15 is 0 Å². The number of nitrogens with zero attached hydrogens (tertiary/aromatic N) is 4. The summed E-state index contributed by atoms with van der Waals surface area (Å²) in [4.78, 5) is 25.8. The number of aromatic nitrogens is 2. The molecular formula is C21H24N4O. The first kappa shape index (κ1) is 18.0. The number of hydrogen-bond acceptors (Lipinski definition) is 4. The minimum atomic E-state index is -0.325. The molecule has 3 rings (SSSR count). The van der Waals surface area contributed by atoms with Crippen molar-refractivity contribution in [1.82, 2.24) is 19.8 Å². The minimum absolute atomic E-state index is 0.0359. The zero-order valence-electron chi connectivity index (χ0n) is 15.7. The van der Waals surface area contributed by atoms with Gasteiger partial charge in [-0.3, -0.25) is 14.7 Å². The second-order valence-corrected chi connectivity index (χ2v) is 6.82. The predicted octanol–water partition coefficient (Wildman–Crippen LogP) is 3.20. The van der Waals surface area contributed by atoms with E-state index in [0.29, 0.717) is 6.54 Å². The van der Waals surface area contributed by atoms with Gasteiger partial charge in [0.05, 0.1) is 29.5 Å². The van der Waals surface area contributed by atoms with Gasteiger partial charge in [0, 0.05) is 7.05 Å². The number of amides is 1. The lowest BCUT2D eigenvalue weighted by molar-refractivity contribution is -0.135. The smallest absolute Gasteiger partial charge is 0.244 e. The summed E-state index contributed by atoms with van der Waals surface area (Å²) in [5, 5.41) is 0. The van der Waals surface area contributed by atoms with Crippen molar-refractivity contribution in [2.45, 2.75) is 19.5 Å². The van der Waals surface area contributed by atoms with Gasteiger partial charge >= 0.3 is 0 Å². The van der Waals surface area contributed by atoms with Gasteiger partial charge in [0.2, 0.25) is 5.91 Å². The van der Waals surface area contributed by atoms with Gasteiger partial charge in [-0.1, -0.05) is 42.0 Å². The van der Waals surface area contributed by atoms with E-state index in [1.54, 1.807) is 11.1 Å². The van der Waals surface area contributed by atoms with Gasteiger partial charge in [0.25, 0.3) is 0 Å². The van der Waals surface area contributed by atoms with Crippen LogP contribution in [0.1, 0.15) is 22.9 Å². The van der Waals surface area contributed by atoms with Gasteiger partial charge in [0.1, 0.15) is 6.04 Å². The Morgan fingerprint density at radius 3 is 2.31 bits per heavy atom. The third-order valence-electron chi connectivity index (χ3n) is 4.42. The fourth-order valence-corrected chi connectivity index (χ4v) is 3.01.